The predicted molar refractivity (Wildman–Crippen MR) is 71.8 cm³/mol. The van der Waals surface area contributed by atoms with E-state index in [1.165, 1.54) is 6.20 Å². The number of rotatable bonds is 4. The van der Waals surface area contributed by atoms with Gasteiger partial charge in [-0.05, 0) is 32.4 Å². The molecule has 0 atom stereocenters. The van der Waals surface area contributed by atoms with Crippen LogP contribution in [0.5, 0.6) is 5.75 Å². The summed E-state index contributed by atoms with van der Waals surface area (Å²) in [6.45, 7) is 5.84. The van der Waals surface area contributed by atoms with Crippen molar-refractivity contribution in [2.24, 2.45) is 0 Å². The van der Waals surface area contributed by atoms with Crippen molar-refractivity contribution in [1.29, 1.82) is 0 Å². The molecule has 0 bridgehead atoms. The molecule has 106 valence electrons. The molecular weight excluding hydrogens is 293 g/mol. The average Bonchev–Trinajstić information content (AvgIpc) is 2.24. The highest BCUT2D eigenvalue weighted by molar-refractivity contribution is 6.32. The smallest absolute Gasteiger partial charge is 0.407 e. The van der Waals surface area contributed by atoms with Crippen molar-refractivity contribution in [2.75, 3.05) is 13.2 Å². The van der Waals surface area contributed by atoms with Crippen molar-refractivity contribution < 1.29 is 14.3 Å². The molecule has 1 N–H and O–H groups in total. The Hall–Kier alpha value is -1.27. The third-order valence-electron chi connectivity index (χ3n) is 1.71. The Morgan fingerprint density at radius 3 is 2.68 bits per heavy atom. The van der Waals surface area contributed by atoms with Crippen LogP contribution in [0.1, 0.15) is 20.8 Å². The molecule has 0 fully saturated rings. The number of hydrogen-bond donors (Lipinski definition) is 1. The fourth-order valence-corrected chi connectivity index (χ4v) is 1.42. The van der Waals surface area contributed by atoms with Crippen molar-refractivity contribution in [3.05, 3.63) is 16.6 Å². The number of carbonyl (C=O) groups excluding carboxylic acids is 1. The first-order valence-corrected chi connectivity index (χ1v) is 6.31. The monoisotopic (exact) mass is 307 g/mol. The van der Waals surface area contributed by atoms with Crippen LogP contribution in [0.2, 0.25) is 10.4 Å². The lowest BCUT2D eigenvalue weighted by atomic mass is 10.2. The summed E-state index contributed by atoms with van der Waals surface area (Å²) in [6, 6.07) is 0. The van der Waals surface area contributed by atoms with Gasteiger partial charge in [0.05, 0.1) is 12.7 Å². The highest BCUT2D eigenvalue weighted by Crippen LogP contribution is 2.21. The van der Waals surface area contributed by atoms with Crippen LogP contribution in [0.25, 0.3) is 0 Å². The van der Waals surface area contributed by atoms with Gasteiger partial charge in [-0.3, -0.25) is 0 Å². The van der Waals surface area contributed by atoms with Gasteiger partial charge in [0, 0.05) is 0 Å². The molecule has 0 unspecified atom stereocenters. The van der Waals surface area contributed by atoms with Gasteiger partial charge in [0.2, 0.25) is 5.28 Å². The van der Waals surface area contributed by atoms with Gasteiger partial charge in [-0.15, -0.1) is 0 Å². The minimum atomic E-state index is -0.529. The molecule has 0 aliphatic carbocycles. The molecule has 1 amide bonds. The van der Waals surface area contributed by atoms with Crippen LogP contribution in [0.3, 0.4) is 0 Å². The number of ether oxygens (including phenoxy) is 2. The van der Waals surface area contributed by atoms with Gasteiger partial charge in [-0.2, -0.15) is 0 Å². The lowest BCUT2D eigenvalue weighted by molar-refractivity contribution is 0.0520. The lowest BCUT2D eigenvalue weighted by Crippen LogP contribution is -2.34. The summed E-state index contributed by atoms with van der Waals surface area (Å²) >= 11 is 11.3. The standard InChI is InChI=1S/C11H15Cl2N3O3/c1-11(2,3)19-10(17)14-4-5-18-7-6-15-9(13)16-8(7)12/h6H,4-5H2,1-3H3,(H,14,17). The zero-order valence-corrected chi connectivity index (χ0v) is 12.4. The second-order valence-corrected chi connectivity index (χ2v) is 5.27. The highest BCUT2D eigenvalue weighted by Gasteiger charge is 2.15. The maximum atomic E-state index is 11.3. The largest absolute Gasteiger partial charge is 0.487 e. The molecule has 8 heteroatoms. The van der Waals surface area contributed by atoms with Gasteiger partial charge < -0.3 is 14.8 Å². The second kappa shape index (κ2) is 6.77. The Morgan fingerprint density at radius 1 is 1.42 bits per heavy atom. The SMILES string of the molecule is CC(C)(C)OC(=O)NCCOc1cnc(Cl)nc1Cl. The molecule has 0 radical (unpaired) electrons. The van der Waals surface area contributed by atoms with Crippen molar-refractivity contribution in [1.82, 2.24) is 15.3 Å². The van der Waals surface area contributed by atoms with E-state index in [1.54, 1.807) is 20.8 Å². The first-order valence-electron chi connectivity index (χ1n) is 5.55. The fraction of sp³-hybridized carbons (Fsp3) is 0.545. The third-order valence-corrected chi connectivity index (χ3v) is 2.16. The average molecular weight is 308 g/mol. The van der Waals surface area contributed by atoms with Gasteiger partial charge in [0.25, 0.3) is 0 Å². The van der Waals surface area contributed by atoms with Crippen LogP contribution in [0.15, 0.2) is 6.20 Å². The summed E-state index contributed by atoms with van der Waals surface area (Å²) in [4.78, 5) is 18.8. The number of hydrogen-bond acceptors (Lipinski definition) is 5. The first kappa shape index (κ1) is 15.8. The van der Waals surface area contributed by atoms with Crippen LogP contribution >= 0.6 is 23.2 Å². The van der Waals surface area contributed by atoms with E-state index in [1.807, 2.05) is 0 Å². The van der Waals surface area contributed by atoms with E-state index in [-0.39, 0.29) is 23.6 Å². The number of alkyl carbamates (subject to hydrolysis) is 1. The Morgan fingerprint density at radius 2 is 2.11 bits per heavy atom. The summed E-state index contributed by atoms with van der Waals surface area (Å²) in [5.41, 5.74) is -0.529. The topological polar surface area (TPSA) is 73.3 Å². The summed E-state index contributed by atoms with van der Waals surface area (Å²) < 4.78 is 10.3. The lowest BCUT2D eigenvalue weighted by Gasteiger charge is -2.19. The molecule has 0 aliphatic rings. The Bertz CT molecular complexity index is 449. The zero-order valence-electron chi connectivity index (χ0n) is 10.9. The summed E-state index contributed by atoms with van der Waals surface area (Å²) in [6.07, 6.45) is 0.861. The number of nitrogens with one attached hydrogen (secondary N) is 1. The predicted octanol–water partition coefficient (Wildman–Crippen LogP) is 2.69. The summed E-state index contributed by atoms with van der Waals surface area (Å²) in [5.74, 6) is 0.303. The molecule has 1 heterocycles. The molecule has 0 aliphatic heterocycles. The van der Waals surface area contributed by atoms with Crippen LogP contribution in [-0.2, 0) is 4.74 Å². The Balaban J connectivity index is 2.29. The van der Waals surface area contributed by atoms with Crippen molar-refractivity contribution in [2.45, 2.75) is 26.4 Å². The van der Waals surface area contributed by atoms with E-state index in [0.717, 1.165) is 0 Å². The van der Waals surface area contributed by atoms with Gasteiger partial charge in [-0.1, -0.05) is 11.6 Å². The molecule has 0 aromatic carbocycles. The quantitative estimate of drug-likeness (QED) is 0.526. The number of amides is 1. The normalized spacial score (nSPS) is 11.0. The van der Waals surface area contributed by atoms with Crippen LogP contribution in [0, 0.1) is 0 Å². The van der Waals surface area contributed by atoms with Gasteiger partial charge >= 0.3 is 6.09 Å². The van der Waals surface area contributed by atoms with Gasteiger partial charge in [0.15, 0.2) is 10.9 Å². The maximum absolute atomic E-state index is 11.3. The maximum Gasteiger partial charge on any atom is 0.407 e. The zero-order chi connectivity index (χ0) is 14.5. The molecule has 0 saturated carbocycles. The first-order chi connectivity index (χ1) is 8.78. The molecular formula is C11H15Cl2N3O3. The summed E-state index contributed by atoms with van der Waals surface area (Å²) in [7, 11) is 0. The van der Waals surface area contributed by atoms with Crippen LogP contribution in [0.4, 0.5) is 4.79 Å². The number of nitrogens with zero attached hydrogens (tertiary/aromatic N) is 2. The Labute approximate surface area is 121 Å². The second-order valence-electron chi connectivity index (χ2n) is 4.57. The minimum Gasteiger partial charge on any atom is -0.487 e. The van der Waals surface area contributed by atoms with E-state index in [2.05, 4.69) is 15.3 Å². The molecule has 1 aromatic rings. The van der Waals surface area contributed by atoms with Crippen molar-refractivity contribution >= 4 is 29.3 Å². The van der Waals surface area contributed by atoms with Crippen molar-refractivity contribution in [3.63, 3.8) is 0 Å². The van der Waals surface area contributed by atoms with E-state index in [4.69, 9.17) is 32.7 Å². The molecule has 19 heavy (non-hydrogen) atoms. The van der Waals surface area contributed by atoms with Gasteiger partial charge in [-0.25, -0.2) is 14.8 Å². The molecule has 0 saturated heterocycles. The molecule has 1 rings (SSSR count). The number of halogens is 2. The number of carbonyl (C=O) groups is 1. The van der Waals surface area contributed by atoms with E-state index in [9.17, 15) is 4.79 Å². The molecule has 6 nitrogen and oxygen atoms in total. The minimum absolute atomic E-state index is 0.0456. The van der Waals surface area contributed by atoms with Gasteiger partial charge in [0.1, 0.15) is 12.2 Å². The third kappa shape index (κ3) is 6.45. The molecule has 1 aromatic heterocycles. The number of aromatic nitrogens is 2. The van der Waals surface area contributed by atoms with E-state index < -0.39 is 11.7 Å². The van der Waals surface area contributed by atoms with Crippen LogP contribution < -0.4 is 10.1 Å². The van der Waals surface area contributed by atoms with E-state index >= 15 is 0 Å². The van der Waals surface area contributed by atoms with Crippen molar-refractivity contribution in [3.8, 4) is 5.75 Å². The molecule has 0 spiro atoms. The van der Waals surface area contributed by atoms with Crippen LogP contribution in [-0.4, -0.2) is 34.8 Å². The van der Waals surface area contributed by atoms with E-state index in [0.29, 0.717) is 5.75 Å². The fourth-order valence-electron chi connectivity index (χ4n) is 1.06. The Kier molecular flexibility index (Phi) is 5.62. The highest BCUT2D eigenvalue weighted by atomic mass is 35.5. The summed E-state index contributed by atoms with van der Waals surface area (Å²) in [5, 5.41) is 2.71.